The summed E-state index contributed by atoms with van der Waals surface area (Å²) >= 11 is 1.73. The van der Waals surface area contributed by atoms with E-state index in [2.05, 4.69) is 37.4 Å². The average Bonchev–Trinajstić information content (AvgIpc) is 3.41. The molecule has 1 saturated carbocycles. The van der Waals surface area contributed by atoms with Crippen molar-refractivity contribution >= 4 is 29.3 Å². The zero-order valence-electron chi connectivity index (χ0n) is 15.7. The van der Waals surface area contributed by atoms with Gasteiger partial charge in [-0.2, -0.15) is 0 Å². The molecule has 1 saturated heterocycles. The zero-order valence-corrected chi connectivity index (χ0v) is 16.5. The Bertz CT molecular complexity index is 874. The molecule has 5 heteroatoms. The highest BCUT2D eigenvalue weighted by molar-refractivity contribution is 7.99. The van der Waals surface area contributed by atoms with E-state index in [0.29, 0.717) is 19.0 Å². The van der Waals surface area contributed by atoms with Crippen molar-refractivity contribution in [2.45, 2.75) is 48.9 Å². The summed E-state index contributed by atoms with van der Waals surface area (Å²) in [6, 6.07) is 14.8. The number of hydrogen-bond donors (Lipinski definition) is 1. The van der Waals surface area contributed by atoms with E-state index in [0.717, 1.165) is 23.4 Å². The molecule has 0 radical (unpaired) electrons. The van der Waals surface area contributed by atoms with Gasteiger partial charge in [-0.25, -0.2) is 0 Å². The molecule has 1 atom stereocenters. The molecule has 0 aromatic heterocycles. The fraction of sp³-hybridized carbons (Fsp3) is 0.364. The molecule has 1 heterocycles. The van der Waals surface area contributed by atoms with Crippen molar-refractivity contribution in [1.82, 2.24) is 4.90 Å². The van der Waals surface area contributed by atoms with Crippen molar-refractivity contribution in [2.24, 2.45) is 5.92 Å². The summed E-state index contributed by atoms with van der Waals surface area (Å²) in [6.07, 6.45) is 2.50. The lowest BCUT2D eigenvalue weighted by molar-refractivity contribution is -0.128. The topological polar surface area (TPSA) is 49.4 Å². The van der Waals surface area contributed by atoms with Crippen LogP contribution in [0.15, 0.2) is 52.3 Å². The van der Waals surface area contributed by atoms with Crippen LogP contribution < -0.4 is 5.32 Å². The molecule has 27 heavy (non-hydrogen) atoms. The molecule has 1 aliphatic carbocycles. The number of benzene rings is 2. The molecule has 2 aromatic rings. The minimum Gasteiger partial charge on any atom is -0.339 e. The third kappa shape index (κ3) is 4.19. The van der Waals surface area contributed by atoms with Crippen molar-refractivity contribution in [3.05, 3.63) is 53.6 Å². The maximum Gasteiger partial charge on any atom is 0.229 e. The van der Waals surface area contributed by atoms with Gasteiger partial charge < -0.3 is 10.2 Å². The fourth-order valence-electron chi connectivity index (χ4n) is 3.44. The fourth-order valence-corrected chi connectivity index (χ4v) is 4.44. The number of nitrogens with zero attached hydrogens (tertiary/aromatic N) is 1. The largest absolute Gasteiger partial charge is 0.339 e. The van der Waals surface area contributed by atoms with Crippen LogP contribution in [0.1, 0.15) is 30.4 Å². The molecule has 0 bridgehead atoms. The summed E-state index contributed by atoms with van der Waals surface area (Å²) in [4.78, 5) is 28.8. The highest BCUT2D eigenvalue weighted by Crippen LogP contribution is 2.34. The summed E-state index contributed by atoms with van der Waals surface area (Å²) in [5.74, 6) is -0.165. The van der Waals surface area contributed by atoms with E-state index in [1.54, 1.807) is 11.8 Å². The number of hydrogen-bond acceptors (Lipinski definition) is 3. The van der Waals surface area contributed by atoms with Crippen LogP contribution in [0, 0.1) is 19.8 Å². The van der Waals surface area contributed by atoms with E-state index >= 15 is 0 Å². The molecule has 2 amide bonds. The van der Waals surface area contributed by atoms with Crippen molar-refractivity contribution in [1.29, 1.82) is 0 Å². The van der Waals surface area contributed by atoms with Crippen LogP contribution in [0.3, 0.4) is 0 Å². The molecule has 2 fully saturated rings. The predicted octanol–water partition coefficient (Wildman–Crippen LogP) is 4.40. The Morgan fingerprint density at radius 2 is 1.85 bits per heavy atom. The number of amides is 2. The highest BCUT2D eigenvalue weighted by atomic mass is 32.2. The van der Waals surface area contributed by atoms with Gasteiger partial charge in [0.2, 0.25) is 11.8 Å². The van der Waals surface area contributed by atoms with Crippen LogP contribution in [-0.2, 0) is 9.59 Å². The van der Waals surface area contributed by atoms with Crippen LogP contribution in [0.5, 0.6) is 0 Å². The molecule has 2 aromatic carbocycles. The zero-order chi connectivity index (χ0) is 19.0. The Morgan fingerprint density at radius 3 is 2.56 bits per heavy atom. The summed E-state index contributed by atoms with van der Waals surface area (Å²) in [7, 11) is 0. The van der Waals surface area contributed by atoms with Gasteiger partial charge in [-0.3, -0.25) is 9.59 Å². The van der Waals surface area contributed by atoms with Crippen molar-refractivity contribution in [3.63, 3.8) is 0 Å². The molecule has 1 aliphatic heterocycles. The van der Waals surface area contributed by atoms with Gasteiger partial charge in [0, 0.05) is 34.5 Å². The van der Waals surface area contributed by atoms with E-state index in [-0.39, 0.29) is 17.7 Å². The summed E-state index contributed by atoms with van der Waals surface area (Å²) in [5, 5.41) is 2.97. The van der Waals surface area contributed by atoms with E-state index < -0.39 is 0 Å². The molecule has 0 spiro atoms. The minimum absolute atomic E-state index is 0.0542. The Kier molecular flexibility index (Phi) is 4.96. The summed E-state index contributed by atoms with van der Waals surface area (Å²) < 4.78 is 0. The number of rotatable bonds is 5. The number of anilines is 1. The van der Waals surface area contributed by atoms with Gasteiger partial charge in [-0.1, -0.05) is 23.9 Å². The van der Waals surface area contributed by atoms with E-state index in [4.69, 9.17) is 0 Å². The molecular weight excluding hydrogens is 356 g/mol. The average molecular weight is 381 g/mol. The Hall–Kier alpha value is -2.27. The molecule has 140 valence electrons. The second-order valence-electron chi connectivity index (χ2n) is 7.56. The number of carbonyl (C=O) groups is 2. The first-order valence-electron chi connectivity index (χ1n) is 9.45. The minimum atomic E-state index is -0.234. The number of likely N-dealkylation sites (tertiary alicyclic amines) is 1. The van der Waals surface area contributed by atoms with Crippen molar-refractivity contribution in [2.75, 3.05) is 11.9 Å². The molecule has 0 unspecified atom stereocenters. The third-order valence-electron chi connectivity index (χ3n) is 5.21. The van der Waals surface area contributed by atoms with E-state index in [1.165, 1.54) is 16.0 Å². The number of aryl methyl sites for hydroxylation is 2. The number of nitrogens with one attached hydrogen (secondary N) is 1. The van der Waals surface area contributed by atoms with Crippen molar-refractivity contribution < 1.29 is 9.59 Å². The van der Waals surface area contributed by atoms with Gasteiger partial charge in [0.15, 0.2) is 0 Å². The summed E-state index contributed by atoms with van der Waals surface area (Å²) in [6.45, 7) is 4.78. The SMILES string of the molecule is Cc1ccc(C)c(Sc2ccc(NC(=O)[C@H]3CC(=O)N(C4CC4)C3)cc2)c1. The van der Waals surface area contributed by atoms with Crippen molar-refractivity contribution in [3.8, 4) is 0 Å². The maximum absolute atomic E-state index is 12.5. The van der Waals surface area contributed by atoms with Gasteiger partial charge >= 0.3 is 0 Å². The maximum atomic E-state index is 12.5. The van der Waals surface area contributed by atoms with Gasteiger partial charge in [-0.15, -0.1) is 0 Å². The summed E-state index contributed by atoms with van der Waals surface area (Å²) in [5.41, 5.74) is 3.29. The van der Waals surface area contributed by atoms with Crippen LogP contribution in [0.4, 0.5) is 5.69 Å². The first-order valence-corrected chi connectivity index (χ1v) is 10.3. The lowest BCUT2D eigenvalue weighted by Crippen LogP contribution is -2.29. The highest BCUT2D eigenvalue weighted by Gasteiger charge is 2.41. The van der Waals surface area contributed by atoms with Gasteiger partial charge in [0.05, 0.1) is 5.92 Å². The van der Waals surface area contributed by atoms with E-state index in [1.807, 2.05) is 29.2 Å². The van der Waals surface area contributed by atoms with Crippen LogP contribution >= 0.6 is 11.8 Å². The van der Waals surface area contributed by atoms with Crippen LogP contribution in [0.2, 0.25) is 0 Å². The second-order valence-corrected chi connectivity index (χ2v) is 8.68. The molecule has 4 rings (SSSR count). The second kappa shape index (κ2) is 7.39. The van der Waals surface area contributed by atoms with Crippen LogP contribution in [-0.4, -0.2) is 29.3 Å². The Morgan fingerprint density at radius 1 is 1.11 bits per heavy atom. The van der Waals surface area contributed by atoms with E-state index in [9.17, 15) is 9.59 Å². The lowest BCUT2D eigenvalue weighted by atomic mass is 10.1. The van der Waals surface area contributed by atoms with Crippen LogP contribution in [0.25, 0.3) is 0 Å². The quantitative estimate of drug-likeness (QED) is 0.836. The van der Waals surface area contributed by atoms with Gasteiger partial charge in [0.1, 0.15) is 0 Å². The lowest BCUT2D eigenvalue weighted by Gasteiger charge is -2.15. The normalized spacial score (nSPS) is 19.4. The van der Waals surface area contributed by atoms with Gasteiger partial charge in [-0.05, 0) is 68.1 Å². The third-order valence-corrected chi connectivity index (χ3v) is 6.38. The van der Waals surface area contributed by atoms with Gasteiger partial charge in [0.25, 0.3) is 0 Å². The predicted molar refractivity (Wildman–Crippen MR) is 108 cm³/mol. The number of carbonyl (C=O) groups excluding carboxylic acids is 2. The molecule has 4 nitrogen and oxygen atoms in total. The molecule has 1 N–H and O–H groups in total. The smallest absolute Gasteiger partial charge is 0.229 e. The molecular formula is C22H24N2O2S. The first-order chi connectivity index (χ1) is 13.0. The Labute approximate surface area is 164 Å². The monoisotopic (exact) mass is 380 g/mol. The first kappa shape index (κ1) is 18.1. The molecule has 2 aliphatic rings. The Balaban J connectivity index is 1.37. The standard InChI is InChI=1S/C22H24N2O2S/c1-14-3-4-15(2)20(11-14)27-19-9-5-17(6-10-19)23-22(26)16-12-21(25)24(13-16)18-7-8-18/h3-6,9-11,16,18H,7-8,12-13H2,1-2H3,(H,23,26)/t16-/m0/s1.